The van der Waals surface area contributed by atoms with Crippen molar-refractivity contribution >= 4 is 15.9 Å². The van der Waals surface area contributed by atoms with E-state index in [4.69, 9.17) is 0 Å². The molecule has 5 heteroatoms. The maximum absolute atomic E-state index is 14.0. The Hall–Kier alpha value is -1.20. The van der Waals surface area contributed by atoms with E-state index in [0.29, 0.717) is 0 Å². The molecule has 0 aliphatic heterocycles. The molecule has 21 heavy (non-hydrogen) atoms. The molecule has 0 saturated heterocycles. The van der Waals surface area contributed by atoms with Crippen LogP contribution in [0.25, 0.3) is 0 Å². The highest BCUT2D eigenvalue weighted by molar-refractivity contribution is 9.10. The maximum atomic E-state index is 14.0. The topological polar surface area (TPSA) is 17.0 Å². The number of hydrogen-bond acceptors (Lipinski definition) is 1. The first kappa shape index (κ1) is 16.2. The van der Waals surface area contributed by atoms with Gasteiger partial charge in [0.05, 0.1) is 11.0 Å². The number of hydrogen-bond donors (Lipinski definition) is 1. The molecule has 114 valence electrons. The molecule has 1 aromatic carbocycles. The van der Waals surface area contributed by atoms with Gasteiger partial charge in [-0.2, -0.15) is 0 Å². The molecule has 1 aromatic heterocycles. The van der Waals surface area contributed by atoms with E-state index in [0.717, 1.165) is 18.4 Å². The fraction of sp³-hybridized carbons (Fsp3) is 0.375. The monoisotopic (exact) mass is 356 g/mol. The molecule has 0 bridgehead atoms. The number of nitrogens with zero attached hydrogens (tertiary/aromatic N) is 1. The first-order chi connectivity index (χ1) is 10.1. The Labute approximate surface area is 132 Å². The Morgan fingerprint density at radius 1 is 1.29 bits per heavy atom. The fourth-order valence-corrected chi connectivity index (χ4v) is 2.80. The molecule has 0 aliphatic carbocycles. The van der Waals surface area contributed by atoms with Crippen molar-refractivity contribution in [2.24, 2.45) is 0 Å². The van der Waals surface area contributed by atoms with Crippen LogP contribution in [0.1, 0.15) is 36.9 Å². The molecular formula is C16H19BrF2N2. The van der Waals surface area contributed by atoms with Crippen molar-refractivity contribution < 1.29 is 8.78 Å². The fourth-order valence-electron chi connectivity index (χ4n) is 2.43. The van der Waals surface area contributed by atoms with Gasteiger partial charge in [-0.25, -0.2) is 8.78 Å². The Bertz CT molecular complexity index is 610. The minimum atomic E-state index is -0.538. The highest BCUT2D eigenvalue weighted by Crippen LogP contribution is 2.24. The summed E-state index contributed by atoms with van der Waals surface area (Å²) in [6.07, 6.45) is 5.90. The predicted molar refractivity (Wildman–Crippen MR) is 84.3 cm³/mol. The van der Waals surface area contributed by atoms with Gasteiger partial charge in [0.25, 0.3) is 0 Å². The summed E-state index contributed by atoms with van der Waals surface area (Å²) in [7, 11) is 1.92. The van der Waals surface area contributed by atoms with E-state index in [1.165, 1.54) is 12.1 Å². The number of aromatic nitrogens is 1. The molecule has 2 aromatic rings. The summed E-state index contributed by atoms with van der Waals surface area (Å²) in [5, 5.41) is 3.26. The van der Waals surface area contributed by atoms with E-state index in [2.05, 4.69) is 28.2 Å². The van der Waals surface area contributed by atoms with Crippen LogP contribution < -0.4 is 5.32 Å². The van der Waals surface area contributed by atoms with Gasteiger partial charge in [0.2, 0.25) is 0 Å². The zero-order chi connectivity index (χ0) is 15.4. The molecule has 0 radical (unpaired) electrons. The molecule has 0 saturated carbocycles. The molecule has 0 fully saturated rings. The van der Waals surface area contributed by atoms with Crippen LogP contribution >= 0.6 is 15.9 Å². The summed E-state index contributed by atoms with van der Waals surface area (Å²) in [4.78, 5) is 0. The molecule has 0 spiro atoms. The Morgan fingerprint density at radius 2 is 2.05 bits per heavy atom. The molecule has 1 N–H and O–H groups in total. The number of halogens is 3. The minimum Gasteiger partial charge on any atom is -0.349 e. The second-order valence-electron chi connectivity index (χ2n) is 5.07. The molecule has 2 nitrogen and oxygen atoms in total. The van der Waals surface area contributed by atoms with Crippen LogP contribution in [0.4, 0.5) is 8.78 Å². The van der Waals surface area contributed by atoms with E-state index in [1.54, 1.807) is 0 Å². The average Bonchev–Trinajstić information content (AvgIpc) is 2.93. The normalized spacial score (nSPS) is 12.6. The van der Waals surface area contributed by atoms with E-state index in [9.17, 15) is 8.78 Å². The highest BCUT2D eigenvalue weighted by Gasteiger charge is 2.14. The van der Waals surface area contributed by atoms with Crippen LogP contribution in [-0.4, -0.2) is 11.6 Å². The smallest absolute Gasteiger partial charge is 0.145 e. The molecule has 1 heterocycles. The predicted octanol–water partition coefficient (Wildman–Crippen LogP) is 4.64. The van der Waals surface area contributed by atoms with Crippen molar-refractivity contribution in [1.29, 1.82) is 0 Å². The van der Waals surface area contributed by atoms with Crippen molar-refractivity contribution in [3.05, 3.63) is 57.8 Å². The molecule has 2 rings (SSSR count). The SMILES string of the molecule is CCCC(NC)c1ccn(Cc2c(F)ccc(Br)c2F)c1. The second-order valence-corrected chi connectivity index (χ2v) is 5.92. The van der Waals surface area contributed by atoms with Gasteiger partial charge in [0, 0.05) is 24.0 Å². The van der Waals surface area contributed by atoms with E-state index in [1.807, 2.05) is 30.1 Å². The summed E-state index contributed by atoms with van der Waals surface area (Å²) in [5.41, 5.74) is 1.21. The third kappa shape index (κ3) is 3.71. The zero-order valence-electron chi connectivity index (χ0n) is 12.2. The van der Waals surface area contributed by atoms with Gasteiger partial charge in [-0.05, 0) is 53.2 Å². The molecule has 0 amide bonds. The number of nitrogens with one attached hydrogen (secondary N) is 1. The van der Waals surface area contributed by atoms with E-state index < -0.39 is 11.6 Å². The van der Waals surface area contributed by atoms with Crippen molar-refractivity contribution in [3.63, 3.8) is 0 Å². The van der Waals surface area contributed by atoms with E-state index >= 15 is 0 Å². The first-order valence-electron chi connectivity index (χ1n) is 7.02. The lowest BCUT2D eigenvalue weighted by molar-refractivity contribution is 0.533. The first-order valence-corrected chi connectivity index (χ1v) is 7.81. The maximum Gasteiger partial charge on any atom is 0.145 e. The zero-order valence-corrected chi connectivity index (χ0v) is 13.8. The number of rotatable bonds is 6. The van der Waals surface area contributed by atoms with Gasteiger partial charge in [-0.1, -0.05) is 13.3 Å². The Kier molecular flexibility index (Phi) is 5.53. The number of benzene rings is 1. The lowest BCUT2D eigenvalue weighted by Crippen LogP contribution is -2.15. The van der Waals surface area contributed by atoms with Crippen molar-refractivity contribution in [3.8, 4) is 0 Å². The third-order valence-electron chi connectivity index (χ3n) is 3.58. The average molecular weight is 357 g/mol. The largest absolute Gasteiger partial charge is 0.349 e. The molecule has 1 unspecified atom stereocenters. The van der Waals surface area contributed by atoms with Gasteiger partial charge in [-0.15, -0.1) is 0 Å². The minimum absolute atomic E-state index is 0.0722. The van der Waals surface area contributed by atoms with Crippen LogP contribution in [0.15, 0.2) is 35.1 Å². The van der Waals surface area contributed by atoms with Crippen molar-refractivity contribution in [2.45, 2.75) is 32.4 Å². The summed E-state index contributed by atoms with van der Waals surface area (Å²) < 4.78 is 29.9. The summed E-state index contributed by atoms with van der Waals surface area (Å²) in [6.45, 7) is 2.31. The van der Waals surface area contributed by atoms with Gasteiger partial charge in [0.1, 0.15) is 11.6 Å². The van der Waals surface area contributed by atoms with Gasteiger partial charge in [-0.3, -0.25) is 0 Å². The van der Waals surface area contributed by atoms with Crippen LogP contribution in [0.3, 0.4) is 0 Å². The summed E-state index contributed by atoms with van der Waals surface area (Å²) in [6, 6.07) is 4.92. The Morgan fingerprint density at radius 3 is 2.71 bits per heavy atom. The van der Waals surface area contributed by atoms with Gasteiger partial charge < -0.3 is 9.88 Å². The Balaban J connectivity index is 2.22. The quantitative estimate of drug-likeness (QED) is 0.746. The summed E-state index contributed by atoms with van der Waals surface area (Å²) >= 11 is 3.09. The van der Waals surface area contributed by atoms with Crippen LogP contribution in [0.2, 0.25) is 0 Å². The van der Waals surface area contributed by atoms with Crippen molar-refractivity contribution in [1.82, 2.24) is 9.88 Å². The van der Waals surface area contributed by atoms with E-state index in [-0.39, 0.29) is 22.6 Å². The van der Waals surface area contributed by atoms with Gasteiger partial charge >= 0.3 is 0 Å². The van der Waals surface area contributed by atoms with Gasteiger partial charge in [0.15, 0.2) is 0 Å². The molecule has 0 aliphatic rings. The molecule has 1 atom stereocenters. The van der Waals surface area contributed by atoms with Crippen molar-refractivity contribution in [2.75, 3.05) is 7.05 Å². The third-order valence-corrected chi connectivity index (χ3v) is 4.19. The summed E-state index contributed by atoms with van der Waals surface area (Å²) in [5.74, 6) is -1.06. The lowest BCUT2D eigenvalue weighted by Gasteiger charge is -2.13. The standard InChI is InChI=1S/C16H19BrF2N2/c1-3-4-15(20-2)11-7-8-21(9-11)10-12-14(18)6-5-13(17)16(12)19/h5-9,15,20H,3-4,10H2,1-2H3. The van der Waals surface area contributed by atoms with Crippen LogP contribution in [-0.2, 0) is 6.54 Å². The van der Waals surface area contributed by atoms with Crippen LogP contribution in [0, 0.1) is 11.6 Å². The molecular weight excluding hydrogens is 338 g/mol. The highest BCUT2D eigenvalue weighted by atomic mass is 79.9. The van der Waals surface area contributed by atoms with Crippen LogP contribution in [0.5, 0.6) is 0 Å². The second kappa shape index (κ2) is 7.18. The lowest BCUT2D eigenvalue weighted by atomic mass is 10.1.